The van der Waals surface area contributed by atoms with Gasteiger partial charge in [-0.3, -0.25) is 28.7 Å². The maximum absolute atomic E-state index is 14.2. The molecular formula is C53H59ClN10O7S2. The number of thiophene rings is 1. The summed E-state index contributed by atoms with van der Waals surface area (Å²) < 4.78 is 13.9. The van der Waals surface area contributed by atoms with Crippen LogP contribution in [0.5, 0.6) is 11.6 Å². The molecule has 2 aliphatic heterocycles. The zero-order valence-corrected chi connectivity index (χ0v) is 44.3. The summed E-state index contributed by atoms with van der Waals surface area (Å²) >= 11 is 9.49. The molecule has 0 unspecified atom stereocenters. The molecule has 20 heteroatoms. The van der Waals surface area contributed by atoms with Gasteiger partial charge in [0.15, 0.2) is 12.4 Å². The molecule has 2 fully saturated rings. The van der Waals surface area contributed by atoms with Crippen molar-refractivity contribution in [3.63, 3.8) is 0 Å². The largest absolute Gasteiger partial charge is 0.482 e. The first-order valence-corrected chi connectivity index (χ1v) is 26.4. The number of rotatable bonds is 15. The molecule has 2 aromatic carbocycles. The molecule has 1 saturated heterocycles. The van der Waals surface area contributed by atoms with Crippen LogP contribution in [0.3, 0.4) is 0 Å². The molecule has 6 aromatic rings. The van der Waals surface area contributed by atoms with Crippen molar-refractivity contribution in [1.29, 1.82) is 0 Å². The molecule has 382 valence electrons. The number of ether oxygens (including phenoxy) is 2. The van der Waals surface area contributed by atoms with E-state index in [0.717, 1.165) is 59.8 Å². The Morgan fingerprint density at radius 2 is 1.63 bits per heavy atom. The van der Waals surface area contributed by atoms with Gasteiger partial charge in [-0.25, -0.2) is 9.97 Å². The highest BCUT2D eigenvalue weighted by Gasteiger charge is 2.45. The summed E-state index contributed by atoms with van der Waals surface area (Å²) in [5, 5.41) is 30.2. The topological polar surface area (TPSA) is 215 Å². The Hall–Kier alpha value is -6.54. The van der Waals surface area contributed by atoms with E-state index in [1.807, 2.05) is 100 Å². The summed E-state index contributed by atoms with van der Waals surface area (Å²) in [7, 11) is 0. The number of halogens is 1. The first-order valence-electron chi connectivity index (χ1n) is 24.3. The Labute approximate surface area is 436 Å². The fourth-order valence-corrected chi connectivity index (χ4v) is 11.6. The molecule has 5 atom stereocenters. The van der Waals surface area contributed by atoms with Crippen LogP contribution in [0.2, 0.25) is 5.02 Å². The molecule has 17 nitrogen and oxygen atoms in total. The summed E-state index contributed by atoms with van der Waals surface area (Å²) in [5.41, 5.74) is 7.73. The number of aliphatic hydroxyl groups excluding tert-OH is 1. The van der Waals surface area contributed by atoms with Gasteiger partial charge in [-0.1, -0.05) is 68.8 Å². The molecule has 1 aliphatic carbocycles. The second-order valence-electron chi connectivity index (χ2n) is 20.1. The van der Waals surface area contributed by atoms with Crippen molar-refractivity contribution in [2.75, 3.05) is 13.2 Å². The quantitative estimate of drug-likeness (QED) is 0.0791. The number of hydrogen-bond donors (Lipinski definition) is 4. The number of thiazole rings is 1. The van der Waals surface area contributed by atoms with Crippen LogP contribution in [-0.2, 0) is 19.2 Å². The second kappa shape index (κ2) is 21.1. The van der Waals surface area contributed by atoms with Crippen LogP contribution in [0.4, 0.5) is 0 Å². The smallest absolute Gasteiger partial charge is 0.258 e. The van der Waals surface area contributed by atoms with Crippen molar-refractivity contribution in [3.05, 3.63) is 122 Å². The Kier molecular flexibility index (Phi) is 14.9. The van der Waals surface area contributed by atoms with E-state index in [-0.39, 0.29) is 43.5 Å². The lowest BCUT2D eigenvalue weighted by Gasteiger charge is -2.35. The van der Waals surface area contributed by atoms with Crippen LogP contribution in [0.1, 0.15) is 110 Å². The van der Waals surface area contributed by atoms with Gasteiger partial charge in [-0.15, -0.1) is 32.9 Å². The molecule has 9 rings (SSSR count). The SMILES string of the molecule is Cc1ncsc1-c1ccc([C@H](C)NC(=O)[C@H]2C[C@H](O)CN2C(=O)[C@@H](NC(=O)COc2ccc(O[C@H]3C[C@@H](NC(=O)C[C@@H]4N=C(c5ccc(Cl)cc5)c5c(sc(C)c5C)-n5c(C)nnc54)C3)nc2)C(C)(C)C)cc1. The molecule has 6 heterocycles. The number of carbonyl (C=O) groups excluding carboxylic acids is 4. The molecular weight excluding hydrogens is 988 g/mol. The second-order valence-corrected chi connectivity index (χ2v) is 22.6. The minimum Gasteiger partial charge on any atom is -0.482 e. The number of fused-ring (bicyclic) bond motifs is 3. The van der Waals surface area contributed by atoms with E-state index in [1.165, 1.54) is 11.1 Å². The summed E-state index contributed by atoms with van der Waals surface area (Å²) in [6.07, 6.45) is 1.68. The van der Waals surface area contributed by atoms with E-state index in [9.17, 15) is 24.3 Å². The number of nitrogens with zero attached hydrogens (tertiary/aromatic N) is 7. The van der Waals surface area contributed by atoms with Crippen molar-refractivity contribution in [3.8, 4) is 27.1 Å². The van der Waals surface area contributed by atoms with Gasteiger partial charge in [0.25, 0.3) is 5.91 Å². The zero-order valence-electron chi connectivity index (χ0n) is 41.9. The van der Waals surface area contributed by atoms with Crippen LogP contribution < -0.4 is 25.4 Å². The summed E-state index contributed by atoms with van der Waals surface area (Å²) in [6, 6.07) is 15.7. The monoisotopic (exact) mass is 1050 g/mol. The van der Waals surface area contributed by atoms with Crippen molar-refractivity contribution in [2.45, 2.75) is 123 Å². The highest BCUT2D eigenvalue weighted by Crippen LogP contribution is 2.40. The average Bonchev–Trinajstić information content (AvgIpc) is 4.11. The van der Waals surface area contributed by atoms with Crippen LogP contribution in [-0.4, -0.2) is 108 Å². The van der Waals surface area contributed by atoms with Gasteiger partial charge in [0.2, 0.25) is 23.6 Å². The lowest BCUT2D eigenvalue weighted by molar-refractivity contribution is -0.144. The number of hydrogen-bond acceptors (Lipinski definition) is 14. The van der Waals surface area contributed by atoms with E-state index in [2.05, 4.69) is 50.0 Å². The Morgan fingerprint density at radius 3 is 2.30 bits per heavy atom. The van der Waals surface area contributed by atoms with E-state index in [4.69, 9.17) is 26.1 Å². The maximum Gasteiger partial charge on any atom is 0.258 e. The highest BCUT2D eigenvalue weighted by atomic mass is 35.5. The lowest BCUT2D eigenvalue weighted by Crippen LogP contribution is -2.58. The first-order chi connectivity index (χ1) is 34.8. The van der Waals surface area contributed by atoms with E-state index < -0.39 is 54.0 Å². The summed E-state index contributed by atoms with van der Waals surface area (Å²) in [4.78, 5) is 72.4. The third-order valence-electron chi connectivity index (χ3n) is 13.6. The van der Waals surface area contributed by atoms with Gasteiger partial charge in [0.05, 0.1) is 46.6 Å². The molecule has 73 heavy (non-hydrogen) atoms. The van der Waals surface area contributed by atoms with Gasteiger partial charge in [0.1, 0.15) is 40.8 Å². The lowest BCUT2D eigenvalue weighted by atomic mass is 9.85. The Balaban J connectivity index is 0.750. The standard InChI is InChI=1S/C53H59ClN10O7S2/c1-27-30(4)73-52-45(27)46(33-13-15-35(54)16-14-33)59-40(49-62-61-31(5)64(49)52)22-42(66)58-36-19-39(20-36)71-44-18-17-38(23-55-44)70-25-43(67)60-48(53(6,7)8)51(69)63-24-37(65)21-41(63)50(68)57-28(2)32-9-11-34(12-10-32)47-29(3)56-26-72-47/h9-18,23,26,28,36-37,39-41,48,65H,19-22,24-25H2,1-8H3,(H,57,68)(H,58,66)(H,60,67)/t28-,36-,37-,39+,40-,41+,48+/m0/s1. The maximum atomic E-state index is 14.2. The number of aromatic nitrogens is 5. The van der Waals surface area contributed by atoms with Gasteiger partial charge in [-0.05, 0) is 74.9 Å². The number of aliphatic imine (C=N–C) groups is 1. The molecule has 1 saturated carbocycles. The Morgan fingerprint density at radius 1 is 0.904 bits per heavy atom. The van der Waals surface area contributed by atoms with Gasteiger partial charge in [-0.2, -0.15) is 0 Å². The number of aryl methyl sites for hydroxylation is 3. The molecule has 0 radical (unpaired) electrons. The van der Waals surface area contributed by atoms with E-state index >= 15 is 0 Å². The molecule has 3 aliphatic rings. The van der Waals surface area contributed by atoms with Crippen LogP contribution in [0, 0.1) is 33.1 Å². The van der Waals surface area contributed by atoms with Crippen LogP contribution in [0.15, 0.2) is 77.4 Å². The first kappa shape index (κ1) is 51.4. The molecule has 4 amide bonds. The number of β-amino-alcohol motifs (C(OH)–C–C–N with tert-alkyl or cyclic N) is 1. The zero-order chi connectivity index (χ0) is 51.9. The minimum absolute atomic E-state index is 0.0471. The van der Waals surface area contributed by atoms with E-state index in [0.29, 0.717) is 35.3 Å². The van der Waals surface area contributed by atoms with Crippen LogP contribution in [0.25, 0.3) is 15.4 Å². The fraction of sp³-hybridized carbons (Fsp3) is 0.415. The number of amides is 4. The highest BCUT2D eigenvalue weighted by molar-refractivity contribution is 7.15. The molecule has 0 bridgehead atoms. The number of likely N-dealkylation sites (tertiary alicyclic amines) is 1. The summed E-state index contributed by atoms with van der Waals surface area (Å²) in [6.45, 7) is 14.9. The van der Waals surface area contributed by atoms with Crippen molar-refractivity contribution >= 4 is 63.6 Å². The van der Waals surface area contributed by atoms with E-state index in [1.54, 1.807) is 34.8 Å². The molecule has 4 aromatic heterocycles. The van der Waals surface area contributed by atoms with Crippen LogP contribution >= 0.6 is 34.3 Å². The van der Waals surface area contributed by atoms with Gasteiger partial charge < -0.3 is 35.4 Å². The van der Waals surface area contributed by atoms with Gasteiger partial charge >= 0.3 is 0 Å². The third-order valence-corrected chi connectivity index (χ3v) is 16.0. The normalized spacial score (nSPS) is 20.1. The summed E-state index contributed by atoms with van der Waals surface area (Å²) in [5.74, 6) is 0.432. The average molecular weight is 1050 g/mol. The number of carbonyl (C=O) groups is 4. The van der Waals surface area contributed by atoms with Crippen molar-refractivity contribution in [1.82, 2.24) is 45.6 Å². The fourth-order valence-electron chi connectivity index (χ4n) is 9.43. The predicted octanol–water partition coefficient (Wildman–Crippen LogP) is 7.49. The number of nitrogens with one attached hydrogen (secondary N) is 3. The van der Waals surface area contributed by atoms with Gasteiger partial charge in [0, 0.05) is 58.9 Å². The number of pyridine rings is 1. The molecule has 4 N–H and O–H groups in total. The number of aliphatic hydroxyl groups is 1. The predicted molar refractivity (Wildman–Crippen MR) is 280 cm³/mol. The number of benzene rings is 2. The van der Waals surface area contributed by atoms with Crippen molar-refractivity contribution in [2.24, 2.45) is 10.4 Å². The third kappa shape index (κ3) is 11.2. The van der Waals surface area contributed by atoms with Crippen molar-refractivity contribution < 1.29 is 33.8 Å². The minimum atomic E-state index is -1.03. The molecule has 0 spiro atoms. The Bertz CT molecular complexity index is 3050.